The van der Waals surface area contributed by atoms with Gasteiger partial charge in [-0.05, 0) is 36.5 Å². The second kappa shape index (κ2) is 5.71. The van der Waals surface area contributed by atoms with E-state index < -0.39 is 5.97 Å². The number of rotatable bonds is 3. The summed E-state index contributed by atoms with van der Waals surface area (Å²) in [4.78, 5) is 15.4. The van der Waals surface area contributed by atoms with Gasteiger partial charge in [0.15, 0.2) is 5.69 Å². The number of nitrogens with zero attached hydrogens (tertiary/aromatic N) is 1. The average Bonchev–Trinajstić information content (AvgIpc) is 2.48. The highest BCUT2D eigenvalue weighted by Gasteiger charge is 2.16. The van der Waals surface area contributed by atoms with Crippen LogP contribution >= 0.6 is 11.8 Å². The van der Waals surface area contributed by atoms with E-state index in [1.54, 1.807) is 6.07 Å². The smallest absolute Gasteiger partial charge is 0.354 e. The monoisotopic (exact) mass is 288 g/mol. The molecule has 1 aromatic heterocycles. The maximum Gasteiger partial charge on any atom is 0.354 e. The van der Waals surface area contributed by atoms with Gasteiger partial charge in [-0.15, -0.1) is 0 Å². The van der Waals surface area contributed by atoms with Crippen molar-refractivity contribution in [3.63, 3.8) is 0 Å². The molecule has 1 fully saturated rings. The number of anilines is 1. The molecule has 0 aliphatic carbocycles. The van der Waals surface area contributed by atoms with Crippen LogP contribution in [0.4, 0.5) is 5.69 Å². The van der Waals surface area contributed by atoms with E-state index in [0.717, 1.165) is 40.9 Å². The highest BCUT2D eigenvalue weighted by molar-refractivity contribution is 7.99. The van der Waals surface area contributed by atoms with Crippen LogP contribution in [-0.4, -0.2) is 33.6 Å². The van der Waals surface area contributed by atoms with E-state index in [9.17, 15) is 9.90 Å². The van der Waals surface area contributed by atoms with E-state index in [2.05, 4.69) is 10.3 Å². The number of pyridine rings is 1. The van der Waals surface area contributed by atoms with Crippen molar-refractivity contribution in [3.05, 3.63) is 36.0 Å². The Labute approximate surface area is 121 Å². The van der Waals surface area contributed by atoms with E-state index in [1.165, 1.54) is 0 Å². The molecule has 1 aliphatic rings. The quantitative estimate of drug-likeness (QED) is 0.908. The van der Waals surface area contributed by atoms with Gasteiger partial charge in [0.05, 0.1) is 5.52 Å². The van der Waals surface area contributed by atoms with Crippen LogP contribution < -0.4 is 5.32 Å². The van der Waals surface area contributed by atoms with Gasteiger partial charge in [-0.25, -0.2) is 9.78 Å². The molecule has 2 heterocycles. The van der Waals surface area contributed by atoms with Crippen LogP contribution in [0.5, 0.6) is 0 Å². The number of para-hydroxylation sites is 1. The van der Waals surface area contributed by atoms with Crippen LogP contribution in [-0.2, 0) is 0 Å². The summed E-state index contributed by atoms with van der Waals surface area (Å²) in [5.41, 5.74) is 1.70. The zero-order chi connectivity index (χ0) is 13.9. The molecule has 0 atom stereocenters. The molecule has 0 bridgehead atoms. The molecule has 2 aromatic rings. The minimum absolute atomic E-state index is 0.0939. The molecule has 1 aromatic carbocycles. The van der Waals surface area contributed by atoms with Crippen LogP contribution in [0.2, 0.25) is 0 Å². The van der Waals surface area contributed by atoms with Gasteiger partial charge in [0.2, 0.25) is 0 Å². The van der Waals surface area contributed by atoms with Crippen molar-refractivity contribution >= 4 is 34.3 Å². The third kappa shape index (κ3) is 2.72. The summed E-state index contributed by atoms with van der Waals surface area (Å²) in [6, 6.07) is 9.72. The average molecular weight is 288 g/mol. The topological polar surface area (TPSA) is 62.2 Å². The number of carboxylic acid groups (broad SMARTS) is 1. The fourth-order valence-corrected chi connectivity index (χ4v) is 3.57. The van der Waals surface area contributed by atoms with Gasteiger partial charge in [0, 0.05) is 17.1 Å². The van der Waals surface area contributed by atoms with Crippen molar-refractivity contribution < 1.29 is 9.90 Å². The fourth-order valence-electron chi connectivity index (χ4n) is 2.47. The molecule has 104 valence electrons. The molecule has 0 saturated carbocycles. The van der Waals surface area contributed by atoms with Gasteiger partial charge < -0.3 is 10.4 Å². The van der Waals surface area contributed by atoms with Gasteiger partial charge in [-0.3, -0.25) is 0 Å². The number of fused-ring (bicyclic) bond motifs is 1. The lowest BCUT2D eigenvalue weighted by Crippen LogP contribution is -2.24. The molecule has 1 aliphatic heterocycles. The van der Waals surface area contributed by atoms with Gasteiger partial charge in [-0.2, -0.15) is 11.8 Å². The third-order valence-corrected chi connectivity index (χ3v) is 4.56. The van der Waals surface area contributed by atoms with Crippen LogP contribution in [0, 0.1) is 0 Å². The molecule has 0 spiro atoms. The van der Waals surface area contributed by atoms with E-state index in [4.69, 9.17) is 0 Å². The number of benzene rings is 1. The molecular weight excluding hydrogens is 272 g/mol. The minimum Gasteiger partial charge on any atom is -0.477 e. The van der Waals surface area contributed by atoms with E-state index in [0.29, 0.717) is 6.04 Å². The van der Waals surface area contributed by atoms with Crippen LogP contribution in [0.1, 0.15) is 23.3 Å². The number of thioether (sulfide) groups is 1. The maximum atomic E-state index is 11.2. The summed E-state index contributed by atoms with van der Waals surface area (Å²) in [5.74, 6) is 1.33. The summed E-state index contributed by atoms with van der Waals surface area (Å²) in [6.45, 7) is 0. The number of aromatic nitrogens is 1. The highest BCUT2D eigenvalue weighted by Crippen LogP contribution is 2.27. The largest absolute Gasteiger partial charge is 0.477 e. The predicted molar refractivity (Wildman–Crippen MR) is 82.7 cm³/mol. The Morgan fingerprint density at radius 2 is 2.05 bits per heavy atom. The number of nitrogens with one attached hydrogen (secondary N) is 1. The van der Waals surface area contributed by atoms with Crippen LogP contribution in [0.25, 0.3) is 10.9 Å². The number of hydrogen-bond acceptors (Lipinski definition) is 4. The highest BCUT2D eigenvalue weighted by atomic mass is 32.2. The molecular formula is C15H16N2O2S. The maximum absolute atomic E-state index is 11.2. The van der Waals surface area contributed by atoms with E-state index >= 15 is 0 Å². The van der Waals surface area contributed by atoms with Crippen molar-refractivity contribution in [3.8, 4) is 0 Å². The van der Waals surface area contributed by atoms with Crippen LogP contribution in [0.3, 0.4) is 0 Å². The zero-order valence-electron chi connectivity index (χ0n) is 11.0. The molecule has 0 amide bonds. The molecule has 1 saturated heterocycles. The Morgan fingerprint density at radius 3 is 2.80 bits per heavy atom. The van der Waals surface area contributed by atoms with Crippen molar-refractivity contribution in [2.45, 2.75) is 18.9 Å². The minimum atomic E-state index is -0.988. The zero-order valence-corrected chi connectivity index (χ0v) is 11.8. The SMILES string of the molecule is O=C(O)c1cc(NC2CCSCC2)c2ccccc2n1. The normalized spacial score (nSPS) is 16.2. The fraction of sp³-hybridized carbons (Fsp3) is 0.333. The second-order valence-corrected chi connectivity index (χ2v) is 6.13. The number of hydrogen-bond donors (Lipinski definition) is 2. The summed E-state index contributed by atoms with van der Waals surface area (Å²) < 4.78 is 0. The summed E-state index contributed by atoms with van der Waals surface area (Å²) in [7, 11) is 0. The standard InChI is InChI=1S/C15H16N2O2S/c18-15(19)14-9-13(16-10-5-7-20-8-6-10)11-3-1-2-4-12(11)17-14/h1-4,9-10H,5-8H2,(H,16,17)(H,18,19). The first kappa shape index (κ1) is 13.2. The lowest BCUT2D eigenvalue weighted by atomic mass is 10.1. The Morgan fingerprint density at radius 1 is 1.30 bits per heavy atom. The van der Waals surface area contributed by atoms with Gasteiger partial charge in [0.25, 0.3) is 0 Å². The van der Waals surface area contributed by atoms with Gasteiger partial charge in [-0.1, -0.05) is 18.2 Å². The van der Waals surface area contributed by atoms with Gasteiger partial charge >= 0.3 is 5.97 Å². The summed E-state index contributed by atoms with van der Waals surface area (Å²) in [5, 5.41) is 13.7. The van der Waals surface area contributed by atoms with Crippen molar-refractivity contribution in [2.24, 2.45) is 0 Å². The Kier molecular flexibility index (Phi) is 3.78. The summed E-state index contributed by atoms with van der Waals surface area (Å²) >= 11 is 1.97. The van der Waals surface area contributed by atoms with E-state index in [1.807, 2.05) is 36.0 Å². The van der Waals surface area contributed by atoms with E-state index in [-0.39, 0.29) is 5.69 Å². The first-order chi connectivity index (χ1) is 9.74. The Balaban J connectivity index is 2.00. The first-order valence-electron chi connectivity index (χ1n) is 6.71. The van der Waals surface area contributed by atoms with Gasteiger partial charge in [0.1, 0.15) is 0 Å². The number of carbonyl (C=O) groups is 1. The lowest BCUT2D eigenvalue weighted by molar-refractivity contribution is 0.0691. The van der Waals surface area contributed by atoms with Crippen LogP contribution in [0.15, 0.2) is 30.3 Å². The van der Waals surface area contributed by atoms with Crippen molar-refractivity contribution in [1.82, 2.24) is 4.98 Å². The first-order valence-corrected chi connectivity index (χ1v) is 7.87. The molecule has 4 nitrogen and oxygen atoms in total. The molecule has 5 heteroatoms. The number of carboxylic acids is 1. The molecule has 0 radical (unpaired) electrons. The molecule has 0 unspecified atom stereocenters. The Bertz CT molecular complexity index is 639. The lowest BCUT2D eigenvalue weighted by Gasteiger charge is -2.24. The van der Waals surface area contributed by atoms with Crippen molar-refractivity contribution in [2.75, 3.05) is 16.8 Å². The predicted octanol–water partition coefficient (Wildman–Crippen LogP) is 3.24. The third-order valence-electron chi connectivity index (χ3n) is 3.52. The summed E-state index contributed by atoms with van der Waals surface area (Å²) in [6.07, 6.45) is 2.23. The number of aromatic carboxylic acids is 1. The molecule has 20 heavy (non-hydrogen) atoms. The second-order valence-electron chi connectivity index (χ2n) is 4.91. The van der Waals surface area contributed by atoms with Crippen molar-refractivity contribution in [1.29, 1.82) is 0 Å². The molecule has 2 N–H and O–H groups in total. The molecule has 3 rings (SSSR count). The Hall–Kier alpha value is -1.75.